The summed E-state index contributed by atoms with van der Waals surface area (Å²) in [7, 11) is 1.51. The summed E-state index contributed by atoms with van der Waals surface area (Å²) in [5.74, 6) is -1.06. The lowest BCUT2D eigenvalue weighted by Gasteiger charge is -2.13. The van der Waals surface area contributed by atoms with Crippen molar-refractivity contribution < 1.29 is 14.6 Å². The van der Waals surface area contributed by atoms with Crippen molar-refractivity contribution in [1.82, 2.24) is 4.98 Å². The lowest BCUT2D eigenvalue weighted by molar-refractivity contribution is -0.138. The van der Waals surface area contributed by atoms with Crippen LogP contribution in [0.15, 0.2) is 47.1 Å². The van der Waals surface area contributed by atoms with Gasteiger partial charge in [-0.2, -0.15) is 0 Å². The first-order valence-electron chi connectivity index (χ1n) is 6.07. The van der Waals surface area contributed by atoms with Crippen LogP contribution < -0.4 is 4.74 Å². The van der Waals surface area contributed by atoms with Crippen molar-refractivity contribution in [2.45, 2.75) is 12.3 Å². The summed E-state index contributed by atoms with van der Waals surface area (Å²) >= 11 is 3.36. The van der Waals surface area contributed by atoms with Gasteiger partial charge in [0.05, 0.1) is 13.0 Å². The van der Waals surface area contributed by atoms with Crippen LogP contribution in [0.2, 0.25) is 0 Å². The van der Waals surface area contributed by atoms with E-state index in [0.29, 0.717) is 17.9 Å². The largest absolute Gasteiger partial charge is 0.481 e. The van der Waals surface area contributed by atoms with E-state index in [0.717, 1.165) is 10.0 Å². The molecule has 1 aromatic carbocycles. The number of hydrogen-bond donors (Lipinski definition) is 1. The highest BCUT2D eigenvalue weighted by molar-refractivity contribution is 9.10. The maximum absolute atomic E-state index is 11.5. The minimum atomic E-state index is -0.860. The molecule has 2 aromatic rings. The fraction of sp³-hybridized carbons (Fsp3) is 0.200. The van der Waals surface area contributed by atoms with Gasteiger partial charge >= 0.3 is 5.97 Å². The number of carboxylic acids is 1. The molecule has 5 heteroatoms. The molecule has 20 heavy (non-hydrogen) atoms. The number of hydrogen-bond acceptors (Lipinski definition) is 3. The molecule has 0 amide bonds. The van der Waals surface area contributed by atoms with Gasteiger partial charge in [-0.3, -0.25) is 4.79 Å². The number of methoxy groups -OCH3 is 1. The van der Waals surface area contributed by atoms with E-state index in [1.165, 1.54) is 7.11 Å². The smallest absolute Gasteiger partial charge is 0.311 e. The predicted molar refractivity (Wildman–Crippen MR) is 79.0 cm³/mol. The summed E-state index contributed by atoms with van der Waals surface area (Å²) in [4.78, 5) is 15.5. The molecule has 0 aliphatic carbocycles. The van der Waals surface area contributed by atoms with Gasteiger partial charge in [0, 0.05) is 16.7 Å². The Morgan fingerprint density at radius 3 is 2.65 bits per heavy atom. The fourth-order valence-corrected chi connectivity index (χ4v) is 2.22. The van der Waals surface area contributed by atoms with Gasteiger partial charge in [0.1, 0.15) is 0 Å². The van der Waals surface area contributed by atoms with Crippen LogP contribution in [0.4, 0.5) is 0 Å². The number of carbonyl (C=O) groups is 1. The molecule has 1 heterocycles. The molecule has 104 valence electrons. The summed E-state index contributed by atoms with van der Waals surface area (Å²) in [6, 6.07) is 11.0. The first-order valence-corrected chi connectivity index (χ1v) is 6.86. The fourth-order valence-electron chi connectivity index (χ4n) is 1.96. The number of rotatable bonds is 5. The van der Waals surface area contributed by atoms with Gasteiger partial charge in [0.15, 0.2) is 0 Å². The highest BCUT2D eigenvalue weighted by Crippen LogP contribution is 2.24. The highest BCUT2D eigenvalue weighted by atomic mass is 79.9. The standard InChI is InChI=1S/C15H14BrNO3/c1-20-14-9-11(6-7-17-14)13(15(18)19)8-10-2-4-12(16)5-3-10/h2-7,9,13H,8H2,1H3,(H,18,19). The molecule has 1 atom stereocenters. The Morgan fingerprint density at radius 1 is 1.35 bits per heavy atom. The van der Waals surface area contributed by atoms with Crippen molar-refractivity contribution in [1.29, 1.82) is 0 Å². The molecule has 4 nitrogen and oxygen atoms in total. The van der Waals surface area contributed by atoms with E-state index < -0.39 is 11.9 Å². The van der Waals surface area contributed by atoms with Gasteiger partial charge in [-0.05, 0) is 35.7 Å². The first-order chi connectivity index (χ1) is 9.60. The van der Waals surface area contributed by atoms with Crippen LogP contribution in [0, 0.1) is 0 Å². The minimum absolute atomic E-state index is 0.421. The van der Waals surface area contributed by atoms with Crippen molar-refractivity contribution in [3.05, 3.63) is 58.2 Å². The molecular weight excluding hydrogens is 322 g/mol. The van der Waals surface area contributed by atoms with Crippen LogP contribution in [0.1, 0.15) is 17.0 Å². The molecule has 1 aromatic heterocycles. The number of aromatic nitrogens is 1. The number of carboxylic acid groups (broad SMARTS) is 1. The normalized spacial score (nSPS) is 11.9. The van der Waals surface area contributed by atoms with Gasteiger partial charge < -0.3 is 9.84 Å². The van der Waals surface area contributed by atoms with E-state index in [1.807, 2.05) is 24.3 Å². The first kappa shape index (κ1) is 14.5. The molecule has 0 aliphatic heterocycles. The Morgan fingerprint density at radius 2 is 2.05 bits per heavy atom. The second-order valence-corrected chi connectivity index (χ2v) is 5.27. The Labute approximate surface area is 125 Å². The van der Waals surface area contributed by atoms with Gasteiger partial charge in [-0.15, -0.1) is 0 Å². The third-order valence-corrected chi connectivity index (χ3v) is 3.55. The summed E-state index contributed by atoms with van der Waals surface area (Å²) in [5.41, 5.74) is 1.66. The molecule has 0 radical (unpaired) electrons. The highest BCUT2D eigenvalue weighted by Gasteiger charge is 2.21. The summed E-state index contributed by atoms with van der Waals surface area (Å²) < 4.78 is 6.01. The maximum Gasteiger partial charge on any atom is 0.311 e. The topological polar surface area (TPSA) is 59.4 Å². The average molecular weight is 336 g/mol. The van der Waals surface area contributed by atoms with Gasteiger partial charge in [-0.1, -0.05) is 28.1 Å². The molecule has 1 unspecified atom stereocenters. The average Bonchev–Trinajstić information content (AvgIpc) is 2.46. The number of pyridine rings is 1. The molecule has 0 saturated heterocycles. The van der Waals surface area contributed by atoms with Crippen LogP contribution in [0.25, 0.3) is 0 Å². The molecule has 0 saturated carbocycles. The predicted octanol–water partition coefficient (Wildman–Crippen LogP) is 3.26. The number of aliphatic carboxylic acids is 1. The number of benzene rings is 1. The molecular formula is C15H14BrNO3. The van der Waals surface area contributed by atoms with Gasteiger partial charge in [-0.25, -0.2) is 4.98 Å². The maximum atomic E-state index is 11.5. The third-order valence-electron chi connectivity index (χ3n) is 3.02. The zero-order valence-electron chi connectivity index (χ0n) is 10.9. The lowest BCUT2D eigenvalue weighted by Crippen LogP contribution is -2.14. The molecule has 0 aliphatic rings. The molecule has 1 N–H and O–H groups in total. The van der Waals surface area contributed by atoms with Crippen molar-refractivity contribution in [2.24, 2.45) is 0 Å². The minimum Gasteiger partial charge on any atom is -0.481 e. The number of halogens is 1. The van der Waals surface area contributed by atoms with Crippen molar-refractivity contribution >= 4 is 21.9 Å². The Hall–Kier alpha value is -1.88. The second-order valence-electron chi connectivity index (χ2n) is 4.35. The van der Waals surface area contributed by atoms with Crippen LogP contribution >= 0.6 is 15.9 Å². The lowest BCUT2D eigenvalue weighted by atomic mass is 9.93. The van der Waals surface area contributed by atoms with Crippen LogP contribution in [0.5, 0.6) is 5.88 Å². The second kappa shape index (κ2) is 6.52. The zero-order valence-corrected chi connectivity index (χ0v) is 12.5. The number of nitrogens with zero attached hydrogens (tertiary/aromatic N) is 1. The van der Waals surface area contributed by atoms with Crippen molar-refractivity contribution in [3.63, 3.8) is 0 Å². The summed E-state index contributed by atoms with van der Waals surface area (Å²) in [6.07, 6.45) is 1.99. The van der Waals surface area contributed by atoms with Gasteiger partial charge in [0.25, 0.3) is 0 Å². The Balaban J connectivity index is 2.26. The molecule has 0 spiro atoms. The van der Waals surface area contributed by atoms with Crippen LogP contribution in [-0.2, 0) is 11.2 Å². The van der Waals surface area contributed by atoms with E-state index in [2.05, 4.69) is 20.9 Å². The van der Waals surface area contributed by atoms with E-state index >= 15 is 0 Å². The van der Waals surface area contributed by atoms with Crippen LogP contribution in [0.3, 0.4) is 0 Å². The van der Waals surface area contributed by atoms with E-state index in [1.54, 1.807) is 18.3 Å². The van der Waals surface area contributed by atoms with Crippen molar-refractivity contribution in [2.75, 3.05) is 7.11 Å². The molecule has 0 bridgehead atoms. The quantitative estimate of drug-likeness (QED) is 0.910. The zero-order chi connectivity index (χ0) is 14.5. The third kappa shape index (κ3) is 3.57. The van der Waals surface area contributed by atoms with E-state index in [-0.39, 0.29) is 0 Å². The van der Waals surface area contributed by atoms with Crippen molar-refractivity contribution in [3.8, 4) is 5.88 Å². The van der Waals surface area contributed by atoms with Crippen LogP contribution in [-0.4, -0.2) is 23.2 Å². The summed E-state index contributed by atoms with van der Waals surface area (Å²) in [5, 5.41) is 9.44. The van der Waals surface area contributed by atoms with E-state index in [9.17, 15) is 9.90 Å². The summed E-state index contributed by atoms with van der Waals surface area (Å²) in [6.45, 7) is 0. The Kier molecular flexibility index (Phi) is 4.74. The molecule has 0 fully saturated rings. The molecule has 2 rings (SSSR count). The van der Waals surface area contributed by atoms with E-state index in [4.69, 9.17) is 4.74 Å². The Bertz CT molecular complexity index is 598. The number of ether oxygens (including phenoxy) is 1. The van der Waals surface area contributed by atoms with Gasteiger partial charge in [0.2, 0.25) is 5.88 Å². The SMILES string of the molecule is COc1cc(C(Cc2ccc(Br)cc2)C(=O)O)ccn1. The monoisotopic (exact) mass is 335 g/mol.